The zero-order valence-electron chi connectivity index (χ0n) is 16.0. The minimum Gasteiger partial charge on any atom is -0.494 e. The minimum atomic E-state index is -0.441. The van der Waals surface area contributed by atoms with Crippen molar-refractivity contribution in [1.29, 1.82) is 0 Å². The zero-order chi connectivity index (χ0) is 20.5. The number of benzene rings is 2. The highest BCUT2D eigenvalue weighted by atomic mass is 32.1. The fourth-order valence-electron chi connectivity index (χ4n) is 3.39. The molecular weight excluding hydrogens is 390 g/mol. The monoisotopic (exact) mass is 409 g/mol. The molecule has 1 aliphatic heterocycles. The van der Waals surface area contributed by atoms with Crippen LogP contribution in [0.5, 0.6) is 5.75 Å². The highest BCUT2D eigenvalue weighted by Crippen LogP contribution is 2.35. The Morgan fingerprint density at radius 2 is 2.03 bits per heavy atom. The summed E-state index contributed by atoms with van der Waals surface area (Å²) in [5.74, 6) is 0.618. The quantitative estimate of drug-likeness (QED) is 0.453. The first kappa shape index (κ1) is 19.1. The van der Waals surface area contributed by atoms with E-state index < -0.39 is 4.92 Å². The van der Waals surface area contributed by atoms with Gasteiger partial charge in [0, 0.05) is 24.2 Å². The smallest absolute Gasteiger partial charge is 0.271 e. The van der Waals surface area contributed by atoms with E-state index in [1.165, 1.54) is 23.5 Å². The number of ether oxygens (including phenoxy) is 1. The summed E-state index contributed by atoms with van der Waals surface area (Å²) in [4.78, 5) is 30.6. The van der Waals surface area contributed by atoms with E-state index in [0.717, 1.165) is 21.9 Å². The summed E-state index contributed by atoms with van der Waals surface area (Å²) >= 11 is 1.33. The van der Waals surface area contributed by atoms with Crippen LogP contribution < -0.4 is 9.64 Å². The summed E-state index contributed by atoms with van der Waals surface area (Å²) in [6, 6.07) is 12.3. The number of anilines is 1. The Hall–Kier alpha value is -3.26. The van der Waals surface area contributed by atoms with E-state index in [1.807, 2.05) is 38.1 Å². The van der Waals surface area contributed by atoms with Gasteiger partial charge in [0.25, 0.3) is 11.6 Å². The van der Waals surface area contributed by atoms with Gasteiger partial charge in [0.1, 0.15) is 15.6 Å². The summed E-state index contributed by atoms with van der Waals surface area (Å²) in [5, 5.41) is 11.9. The van der Waals surface area contributed by atoms with Crippen molar-refractivity contribution in [2.24, 2.45) is 0 Å². The third kappa shape index (κ3) is 3.58. The lowest BCUT2D eigenvalue weighted by Crippen LogP contribution is -2.28. The lowest BCUT2D eigenvalue weighted by atomic mass is 10.1. The van der Waals surface area contributed by atoms with E-state index >= 15 is 0 Å². The molecule has 2 aromatic carbocycles. The van der Waals surface area contributed by atoms with Crippen LogP contribution in [0.25, 0.3) is 10.6 Å². The molecule has 148 valence electrons. The second-order valence-electron chi connectivity index (χ2n) is 6.67. The molecule has 0 saturated carbocycles. The van der Waals surface area contributed by atoms with Crippen molar-refractivity contribution in [2.45, 2.75) is 20.3 Å². The van der Waals surface area contributed by atoms with Gasteiger partial charge in [-0.25, -0.2) is 4.98 Å². The van der Waals surface area contributed by atoms with Crippen molar-refractivity contribution >= 4 is 28.6 Å². The molecule has 0 saturated heterocycles. The molecule has 7 nitrogen and oxygen atoms in total. The maximum Gasteiger partial charge on any atom is 0.271 e. The number of aromatic nitrogens is 1. The third-order valence-electron chi connectivity index (χ3n) is 4.82. The lowest BCUT2D eigenvalue weighted by Gasteiger charge is -2.16. The Kier molecular flexibility index (Phi) is 5.02. The number of nitro groups is 1. The predicted molar refractivity (Wildman–Crippen MR) is 112 cm³/mol. The standard InChI is InChI=1S/C21H19N3O4S/c1-3-28-17-8-5-15(6-9-17)20-22-13(2)19(29-20)21(25)23-11-10-14-4-7-16(24(26)27)12-18(14)23/h4-9,12H,3,10-11H2,1-2H3. The van der Waals surface area contributed by atoms with E-state index in [4.69, 9.17) is 4.74 Å². The van der Waals surface area contributed by atoms with Gasteiger partial charge in [-0.05, 0) is 50.1 Å². The number of hydrogen-bond donors (Lipinski definition) is 0. The fourth-order valence-corrected chi connectivity index (χ4v) is 4.41. The number of fused-ring (bicyclic) bond motifs is 1. The van der Waals surface area contributed by atoms with Crippen molar-refractivity contribution in [2.75, 3.05) is 18.1 Å². The van der Waals surface area contributed by atoms with E-state index in [1.54, 1.807) is 11.0 Å². The number of hydrogen-bond acceptors (Lipinski definition) is 6. The first-order valence-electron chi connectivity index (χ1n) is 9.27. The largest absolute Gasteiger partial charge is 0.494 e. The van der Waals surface area contributed by atoms with Gasteiger partial charge < -0.3 is 9.64 Å². The summed E-state index contributed by atoms with van der Waals surface area (Å²) in [7, 11) is 0. The molecule has 0 fully saturated rings. The van der Waals surface area contributed by atoms with Crippen LogP contribution in [0.1, 0.15) is 27.9 Å². The molecule has 8 heteroatoms. The van der Waals surface area contributed by atoms with E-state index in [2.05, 4.69) is 4.98 Å². The van der Waals surface area contributed by atoms with E-state index in [-0.39, 0.29) is 11.6 Å². The second kappa shape index (κ2) is 7.63. The molecular formula is C21H19N3O4S. The Labute approximate surface area is 171 Å². The topological polar surface area (TPSA) is 85.6 Å². The number of rotatable bonds is 5. The molecule has 1 amide bonds. The molecule has 0 bridgehead atoms. The van der Waals surface area contributed by atoms with E-state index in [0.29, 0.717) is 35.8 Å². The Morgan fingerprint density at radius 3 is 2.72 bits per heavy atom. The van der Waals surface area contributed by atoms with Crippen molar-refractivity contribution in [1.82, 2.24) is 4.98 Å². The summed E-state index contributed by atoms with van der Waals surface area (Å²) in [6.07, 6.45) is 0.683. The van der Waals surface area contributed by atoms with Gasteiger partial charge in [-0.1, -0.05) is 6.07 Å². The van der Waals surface area contributed by atoms with Crippen molar-refractivity contribution in [3.63, 3.8) is 0 Å². The molecule has 3 aromatic rings. The number of nitrogens with zero attached hydrogens (tertiary/aromatic N) is 3. The number of nitro benzene ring substituents is 1. The normalized spacial score (nSPS) is 12.7. The average Bonchev–Trinajstić information content (AvgIpc) is 3.31. The number of aryl methyl sites for hydroxylation is 1. The van der Waals surface area contributed by atoms with Gasteiger partial charge in [0.2, 0.25) is 0 Å². The molecule has 1 aromatic heterocycles. The van der Waals surface area contributed by atoms with Crippen molar-refractivity contribution in [3.05, 3.63) is 68.7 Å². The van der Waals surface area contributed by atoms with Gasteiger partial charge in [-0.15, -0.1) is 11.3 Å². The number of carbonyl (C=O) groups excluding carboxylic acids is 1. The molecule has 4 rings (SSSR count). The maximum atomic E-state index is 13.2. The van der Waals surface area contributed by atoms with Crippen LogP contribution in [0.2, 0.25) is 0 Å². The van der Waals surface area contributed by atoms with Crippen LogP contribution >= 0.6 is 11.3 Å². The van der Waals surface area contributed by atoms with Gasteiger partial charge in [-0.2, -0.15) is 0 Å². The summed E-state index contributed by atoms with van der Waals surface area (Å²) in [5.41, 5.74) is 3.11. The Balaban J connectivity index is 1.63. The number of thiazole rings is 1. The van der Waals surface area contributed by atoms with Gasteiger partial charge in [0.05, 0.1) is 22.9 Å². The number of amides is 1. The lowest BCUT2D eigenvalue weighted by molar-refractivity contribution is -0.384. The molecule has 0 radical (unpaired) electrons. The van der Waals surface area contributed by atoms with Crippen LogP contribution in [0.15, 0.2) is 42.5 Å². The molecule has 29 heavy (non-hydrogen) atoms. The molecule has 1 aliphatic rings. The first-order valence-corrected chi connectivity index (χ1v) is 10.1. The van der Waals surface area contributed by atoms with Crippen molar-refractivity contribution < 1.29 is 14.5 Å². The van der Waals surface area contributed by atoms with Gasteiger partial charge >= 0.3 is 0 Å². The van der Waals surface area contributed by atoms with Crippen LogP contribution in [0.4, 0.5) is 11.4 Å². The number of carbonyl (C=O) groups is 1. The number of non-ortho nitro benzene ring substituents is 1. The maximum absolute atomic E-state index is 13.2. The zero-order valence-corrected chi connectivity index (χ0v) is 16.9. The SMILES string of the molecule is CCOc1ccc(-c2nc(C)c(C(=O)N3CCc4ccc([N+](=O)[O-])cc43)s2)cc1. The molecule has 0 aliphatic carbocycles. The summed E-state index contributed by atoms with van der Waals surface area (Å²) in [6.45, 7) is 4.85. The highest BCUT2D eigenvalue weighted by Gasteiger charge is 2.30. The Morgan fingerprint density at radius 1 is 1.28 bits per heavy atom. The molecule has 0 atom stereocenters. The van der Waals surface area contributed by atoms with Crippen LogP contribution in [-0.4, -0.2) is 29.0 Å². The van der Waals surface area contributed by atoms with Crippen LogP contribution in [0, 0.1) is 17.0 Å². The Bertz CT molecular complexity index is 1090. The molecule has 0 N–H and O–H groups in total. The van der Waals surface area contributed by atoms with Crippen LogP contribution in [-0.2, 0) is 6.42 Å². The third-order valence-corrected chi connectivity index (χ3v) is 6.02. The van der Waals surface area contributed by atoms with Crippen LogP contribution in [0.3, 0.4) is 0 Å². The average molecular weight is 409 g/mol. The second-order valence-corrected chi connectivity index (χ2v) is 7.67. The fraction of sp³-hybridized carbons (Fsp3) is 0.238. The van der Waals surface area contributed by atoms with Gasteiger partial charge in [-0.3, -0.25) is 14.9 Å². The van der Waals surface area contributed by atoms with E-state index in [9.17, 15) is 14.9 Å². The highest BCUT2D eigenvalue weighted by molar-refractivity contribution is 7.17. The van der Waals surface area contributed by atoms with Crippen molar-refractivity contribution in [3.8, 4) is 16.3 Å². The summed E-state index contributed by atoms with van der Waals surface area (Å²) < 4.78 is 5.47. The predicted octanol–water partition coefficient (Wildman–Crippen LogP) is 4.63. The minimum absolute atomic E-state index is 0.0143. The van der Waals surface area contributed by atoms with Gasteiger partial charge in [0.15, 0.2) is 0 Å². The molecule has 0 spiro atoms. The first-order chi connectivity index (χ1) is 14.0. The molecule has 2 heterocycles. The molecule has 0 unspecified atom stereocenters.